The lowest BCUT2D eigenvalue weighted by molar-refractivity contribution is 0.0699. The molecule has 0 bridgehead atoms. The predicted octanol–water partition coefficient (Wildman–Crippen LogP) is 3.88. The first-order valence-corrected chi connectivity index (χ1v) is 9.57. The van der Waals surface area contributed by atoms with Gasteiger partial charge in [-0.25, -0.2) is 14.4 Å². The molecule has 6 nitrogen and oxygen atoms in total. The third kappa shape index (κ3) is 3.80. The van der Waals surface area contributed by atoms with E-state index in [2.05, 4.69) is 15.0 Å². The van der Waals surface area contributed by atoms with E-state index in [9.17, 15) is 9.18 Å². The molecule has 4 rings (SSSR count). The number of rotatable bonds is 4. The van der Waals surface area contributed by atoms with E-state index in [1.54, 1.807) is 40.2 Å². The average Bonchev–Trinajstić information content (AvgIpc) is 3.24. The summed E-state index contributed by atoms with van der Waals surface area (Å²) in [7, 11) is 0. The van der Waals surface area contributed by atoms with Crippen molar-refractivity contribution < 1.29 is 13.9 Å². The van der Waals surface area contributed by atoms with Gasteiger partial charge in [-0.15, -0.1) is 11.3 Å². The Balaban J connectivity index is 1.56. The van der Waals surface area contributed by atoms with Crippen molar-refractivity contribution in [2.24, 2.45) is 0 Å². The van der Waals surface area contributed by atoms with E-state index in [0.29, 0.717) is 24.5 Å². The number of carbonyl (C=O) groups is 1. The number of hydrogen-bond donors (Lipinski definition) is 0. The summed E-state index contributed by atoms with van der Waals surface area (Å²) in [6.07, 6.45) is 4.80. The van der Waals surface area contributed by atoms with Crippen LogP contribution in [0.4, 0.5) is 4.39 Å². The van der Waals surface area contributed by atoms with Crippen LogP contribution in [0, 0.1) is 5.82 Å². The van der Waals surface area contributed by atoms with Crippen LogP contribution in [-0.4, -0.2) is 38.8 Å². The second-order valence-electron chi connectivity index (χ2n) is 6.24. The van der Waals surface area contributed by atoms with Gasteiger partial charge in [-0.1, -0.05) is 12.1 Å². The Labute approximate surface area is 159 Å². The lowest BCUT2D eigenvalue weighted by Crippen LogP contribution is -2.39. The van der Waals surface area contributed by atoms with Crippen molar-refractivity contribution in [1.29, 1.82) is 0 Å². The predicted molar refractivity (Wildman–Crippen MR) is 98.5 cm³/mol. The van der Waals surface area contributed by atoms with Gasteiger partial charge in [-0.2, -0.15) is 0 Å². The number of aromatic nitrogens is 3. The average molecular weight is 384 g/mol. The molecule has 1 saturated heterocycles. The Hall–Kier alpha value is -2.87. The summed E-state index contributed by atoms with van der Waals surface area (Å²) in [4.78, 5) is 27.2. The van der Waals surface area contributed by atoms with Gasteiger partial charge >= 0.3 is 0 Å². The zero-order chi connectivity index (χ0) is 18.6. The van der Waals surface area contributed by atoms with Crippen molar-refractivity contribution in [3.63, 3.8) is 0 Å². The highest BCUT2D eigenvalue weighted by Gasteiger charge is 2.29. The van der Waals surface area contributed by atoms with E-state index in [-0.39, 0.29) is 23.5 Å². The zero-order valence-corrected chi connectivity index (χ0v) is 15.2. The fraction of sp³-hybridized carbons (Fsp3) is 0.263. The normalized spacial score (nSPS) is 16.9. The van der Waals surface area contributed by atoms with Gasteiger partial charge in [0, 0.05) is 36.8 Å². The van der Waals surface area contributed by atoms with Crippen molar-refractivity contribution in [2.45, 2.75) is 18.8 Å². The van der Waals surface area contributed by atoms with E-state index in [4.69, 9.17) is 4.74 Å². The summed E-state index contributed by atoms with van der Waals surface area (Å²) in [5.74, 6) is -0.197. The largest absolute Gasteiger partial charge is 0.434 e. The SMILES string of the molecule is O=C(c1cscn1)N1CCC[C@@H](c2nccnc2Oc2ccccc2F)C1. The summed E-state index contributed by atoms with van der Waals surface area (Å²) in [6, 6.07) is 6.18. The second kappa shape index (κ2) is 7.79. The first-order chi connectivity index (χ1) is 13.2. The molecule has 3 aromatic rings. The quantitative estimate of drug-likeness (QED) is 0.683. The van der Waals surface area contributed by atoms with Crippen LogP contribution in [0.25, 0.3) is 0 Å². The zero-order valence-electron chi connectivity index (χ0n) is 14.4. The van der Waals surface area contributed by atoms with Gasteiger partial charge in [0.2, 0.25) is 5.88 Å². The maximum absolute atomic E-state index is 13.9. The standard InChI is InChI=1S/C19H17FN4O2S/c20-14-5-1-2-6-16(14)26-18-17(21-7-8-22-18)13-4-3-9-24(10-13)19(25)15-11-27-12-23-15/h1-2,5-8,11-13H,3-4,9-10H2/t13-/m1/s1. The van der Waals surface area contributed by atoms with Crippen LogP contribution in [0.5, 0.6) is 11.6 Å². The van der Waals surface area contributed by atoms with E-state index >= 15 is 0 Å². The number of nitrogens with zero attached hydrogens (tertiary/aromatic N) is 4. The summed E-state index contributed by atoms with van der Waals surface area (Å²) in [6.45, 7) is 1.18. The molecular formula is C19H17FN4O2S. The highest BCUT2D eigenvalue weighted by Crippen LogP contribution is 2.33. The summed E-state index contributed by atoms with van der Waals surface area (Å²) >= 11 is 1.40. The van der Waals surface area contributed by atoms with Gasteiger partial charge in [-0.05, 0) is 25.0 Å². The molecule has 138 valence electrons. The Morgan fingerprint density at radius 2 is 2.07 bits per heavy atom. The van der Waals surface area contributed by atoms with E-state index < -0.39 is 5.82 Å². The van der Waals surface area contributed by atoms with Crippen LogP contribution in [-0.2, 0) is 0 Å². The topological polar surface area (TPSA) is 68.2 Å². The summed E-state index contributed by atoms with van der Waals surface area (Å²) < 4.78 is 19.6. The Kier molecular flexibility index (Phi) is 5.06. The Bertz CT molecular complexity index is 935. The van der Waals surface area contributed by atoms with Gasteiger partial charge in [0.05, 0.1) is 5.51 Å². The molecule has 0 saturated carbocycles. The molecule has 0 aliphatic carbocycles. The van der Waals surface area contributed by atoms with E-state index in [1.807, 2.05) is 0 Å². The number of hydrogen-bond acceptors (Lipinski definition) is 6. The van der Waals surface area contributed by atoms with Gasteiger partial charge in [0.15, 0.2) is 11.6 Å². The minimum atomic E-state index is -0.460. The van der Waals surface area contributed by atoms with Crippen LogP contribution in [0.15, 0.2) is 47.5 Å². The Morgan fingerprint density at radius 1 is 1.22 bits per heavy atom. The fourth-order valence-electron chi connectivity index (χ4n) is 3.19. The molecule has 1 aliphatic heterocycles. The molecule has 0 spiro atoms. The Morgan fingerprint density at radius 3 is 2.89 bits per heavy atom. The van der Waals surface area contributed by atoms with Crippen molar-refractivity contribution in [3.8, 4) is 11.6 Å². The van der Waals surface area contributed by atoms with Gasteiger partial charge < -0.3 is 9.64 Å². The molecular weight excluding hydrogens is 367 g/mol. The minimum Gasteiger partial charge on any atom is -0.434 e. The molecule has 2 aromatic heterocycles. The highest BCUT2D eigenvalue weighted by molar-refractivity contribution is 7.07. The monoisotopic (exact) mass is 384 g/mol. The fourth-order valence-corrected chi connectivity index (χ4v) is 3.72. The van der Waals surface area contributed by atoms with Crippen LogP contribution >= 0.6 is 11.3 Å². The number of para-hydroxylation sites is 1. The van der Waals surface area contributed by atoms with Gasteiger partial charge in [0.25, 0.3) is 5.91 Å². The number of benzene rings is 1. The van der Waals surface area contributed by atoms with E-state index in [0.717, 1.165) is 12.8 Å². The summed E-state index contributed by atoms with van der Waals surface area (Å²) in [5.41, 5.74) is 2.75. The highest BCUT2D eigenvalue weighted by atomic mass is 32.1. The smallest absolute Gasteiger partial charge is 0.273 e. The number of thiazole rings is 1. The van der Waals surface area contributed by atoms with Gasteiger partial charge in [-0.3, -0.25) is 9.78 Å². The first-order valence-electron chi connectivity index (χ1n) is 8.63. The molecule has 8 heteroatoms. The first kappa shape index (κ1) is 17.5. The molecule has 1 amide bonds. The van der Waals surface area contributed by atoms with Crippen LogP contribution in [0.2, 0.25) is 0 Å². The number of ether oxygens (including phenoxy) is 1. The molecule has 0 N–H and O–H groups in total. The molecule has 1 aliphatic rings. The van der Waals surface area contributed by atoms with Crippen LogP contribution in [0.1, 0.15) is 34.9 Å². The van der Waals surface area contributed by atoms with Crippen LogP contribution < -0.4 is 4.74 Å². The van der Waals surface area contributed by atoms with Crippen molar-refractivity contribution in [3.05, 3.63) is 64.8 Å². The van der Waals surface area contributed by atoms with Crippen LogP contribution in [0.3, 0.4) is 0 Å². The lowest BCUT2D eigenvalue weighted by atomic mass is 9.94. The lowest BCUT2D eigenvalue weighted by Gasteiger charge is -2.32. The molecule has 1 fully saturated rings. The number of likely N-dealkylation sites (tertiary alicyclic amines) is 1. The molecule has 1 atom stereocenters. The van der Waals surface area contributed by atoms with Gasteiger partial charge in [0.1, 0.15) is 11.4 Å². The van der Waals surface area contributed by atoms with Crippen molar-refractivity contribution in [1.82, 2.24) is 19.9 Å². The number of carbonyl (C=O) groups excluding carboxylic acids is 1. The number of piperidine rings is 1. The maximum atomic E-state index is 13.9. The summed E-state index contributed by atoms with van der Waals surface area (Å²) in [5, 5.41) is 1.75. The molecule has 27 heavy (non-hydrogen) atoms. The number of halogens is 1. The minimum absolute atomic E-state index is 0.0307. The second-order valence-corrected chi connectivity index (χ2v) is 6.96. The maximum Gasteiger partial charge on any atom is 0.273 e. The van der Waals surface area contributed by atoms with Crippen molar-refractivity contribution >= 4 is 17.2 Å². The van der Waals surface area contributed by atoms with Crippen molar-refractivity contribution in [2.75, 3.05) is 13.1 Å². The number of amides is 1. The molecule has 3 heterocycles. The molecule has 0 radical (unpaired) electrons. The third-order valence-corrected chi connectivity index (χ3v) is 5.07. The van der Waals surface area contributed by atoms with E-state index in [1.165, 1.54) is 23.6 Å². The molecule has 0 unspecified atom stereocenters. The molecule has 1 aromatic carbocycles. The third-order valence-electron chi connectivity index (χ3n) is 4.48.